The number of nitrogens with zero attached hydrogens (tertiary/aromatic N) is 4. The number of aromatic nitrogens is 4. The number of aryl methyl sites for hydroxylation is 1. The summed E-state index contributed by atoms with van der Waals surface area (Å²) in [6, 6.07) is 15.5. The van der Waals surface area contributed by atoms with Crippen LogP contribution in [-0.2, 0) is 6.54 Å². The number of para-hydroxylation sites is 2. The molecule has 0 aliphatic carbocycles. The second-order valence-corrected chi connectivity index (χ2v) is 7.36. The average molecular weight is 392 g/mol. The van der Waals surface area contributed by atoms with Crippen molar-refractivity contribution in [2.45, 2.75) is 18.6 Å². The van der Waals surface area contributed by atoms with Gasteiger partial charge < -0.3 is 4.74 Å². The summed E-state index contributed by atoms with van der Waals surface area (Å²) in [5.41, 5.74) is 1.82. The summed E-state index contributed by atoms with van der Waals surface area (Å²) in [6.45, 7) is 6.71. The SMILES string of the molecule is C=CCn1c(=O)c2ccccc2n2c(SCCOc3ccccc3C)nnc12. The van der Waals surface area contributed by atoms with Crippen molar-refractivity contribution < 1.29 is 4.74 Å². The lowest BCUT2D eigenvalue weighted by Gasteiger charge is -2.10. The van der Waals surface area contributed by atoms with Crippen molar-refractivity contribution in [1.29, 1.82) is 0 Å². The van der Waals surface area contributed by atoms with Gasteiger partial charge in [0.15, 0.2) is 5.16 Å². The van der Waals surface area contributed by atoms with Crippen LogP contribution < -0.4 is 10.3 Å². The van der Waals surface area contributed by atoms with E-state index >= 15 is 0 Å². The maximum Gasteiger partial charge on any atom is 0.263 e. The monoisotopic (exact) mass is 392 g/mol. The van der Waals surface area contributed by atoms with E-state index in [1.54, 1.807) is 22.4 Å². The highest BCUT2D eigenvalue weighted by Gasteiger charge is 2.16. The first-order valence-electron chi connectivity index (χ1n) is 8.99. The van der Waals surface area contributed by atoms with Crippen LogP contribution in [0.5, 0.6) is 5.75 Å². The lowest BCUT2D eigenvalue weighted by molar-refractivity contribution is 0.341. The summed E-state index contributed by atoms with van der Waals surface area (Å²) in [7, 11) is 0. The summed E-state index contributed by atoms with van der Waals surface area (Å²) < 4.78 is 9.39. The van der Waals surface area contributed by atoms with Crippen LogP contribution in [-0.4, -0.2) is 31.5 Å². The highest BCUT2D eigenvalue weighted by molar-refractivity contribution is 7.99. The Hall–Kier alpha value is -3.06. The summed E-state index contributed by atoms with van der Waals surface area (Å²) in [5.74, 6) is 2.12. The molecular formula is C21H20N4O2S. The molecule has 0 aliphatic heterocycles. The van der Waals surface area contributed by atoms with E-state index in [0.717, 1.165) is 22.0 Å². The molecule has 142 valence electrons. The van der Waals surface area contributed by atoms with Crippen molar-refractivity contribution in [2.75, 3.05) is 12.4 Å². The zero-order valence-electron chi connectivity index (χ0n) is 15.5. The van der Waals surface area contributed by atoms with E-state index in [0.29, 0.717) is 30.1 Å². The van der Waals surface area contributed by atoms with Gasteiger partial charge in [0.1, 0.15) is 5.75 Å². The molecule has 0 fully saturated rings. The Morgan fingerprint density at radius 2 is 1.93 bits per heavy atom. The summed E-state index contributed by atoms with van der Waals surface area (Å²) in [4.78, 5) is 12.8. The lowest BCUT2D eigenvalue weighted by atomic mass is 10.2. The molecule has 2 aromatic carbocycles. The number of rotatable bonds is 7. The Morgan fingerprint density at radius 1 is 1.14 bits per heavy atom. The fraction of sp³-hybridized carbons (Fsp3) is 0.190. The third kappa shape index (κ3) is 3.29. The highest BCUT2D eigenvalue weighted by Crippen LogP contribution is 2.22. The van der Waals surface area contributed by atoms with Gasteiger partial charge in [-0.2, -0.15) is 0 Å². The van der Waals surface area contributed by atoms with Crippen molar-refractivity contribution in [3.8, 4) is 5.75 Å². The quantitative estimate of drug-likeness (QED) is 0.273. The van der Waals surface area contributed by atoms with E-state index in [2.05, 4.69) is 16.8 Å². The molecule has 0 N–H and O–H groups in total. The molecule has 0 unspecified atom stereocenters. The van der Waals surface area contributed by atoms with Gasteiger partial charge in [-0.25, -0.2) is 0 Å². The topological polar surface area (TPSA) is 61.4 Å². The fourth-order valence-electron chi connectivity index (χ4n) is 3.12. The van der Waals surface area contributed by atoms with Crippen molar-refractivity contribution in [3.63, 3.8) is 0 Å². The Morgan fingerprint density at radius 3 is 2.75 bits per heavy atom. The molecule has 0 aliphatic rings. The van der Waals surface area contributed by atoms with Gasteiger partial charge in [-0.3, -0.25) is 13.8 Å². The van der Waals surface area contributed by atoms with Crippen molar-refractivity contribution in [2.24, 2.45) is 0 Å². The standard InChI is InChI=1S/C21H20N4O2S/c1-3-12-24-19(26)16-9-5-6-10-17(16)25-20(24)22-23-21(25)28-14-13-27-18-11-7-4-8-15(18)2/h3-11H,1,12-14H2,2H3. The van der Waals surface area contributed by atoms with E-state index in [4.69, 9.17) is 4.74 Å². The number of fused-ring (bicyclic) bond motifs is 3. The zero-order chi connectivity index (χ0) is 19.5. The van der Waals surface area contributed by atoms with Crippen LogP contribution >= 0.6 is 11.8 Å². The molecule has 0 saturated heterocycles. The number of ether oxygens (including phenoxy) is 1. The largest absolute Gasteiger partial charge is 0.492 e. The van der Waals surface area contributed by atoms with Gasteiger partial charge in [0.05, 0.1) is 17.5 Å². The molecule has 7 heteroatoms. The Balaban J connectivity index is 1.64. The van der Waals surface area contributed by atoms with Gasteiger partial charge in [-0.1, -0.05) is 48.2 Å². The van der Waals surface area contributed by atoms with Crippen LogP contribution in [0.25, 0.3) is 16.7 Å². The van der Waals surface area contributed by atoms with Crippen LogP contribution in [0.2, 0.25) is 0 Å². The Bertz CT molecular complexity index is 1210. The van der Waals surface area contributed by atoms with E-state index in [1.165, 1.54) is 0 Å². The van der Waals surface area contributed by atoms with Gasteiger partial charge in [0.2, 0.25) is 5.78 Å². The molecule has 0 amide bonds. The van der Waals surface area contributed by atoms with Crippen LogP contribution in [0, 0.1) is 6.92 Å². The summed E-state index contributed by atoms with van der Waals surface area (Å²) in [5, 5.41) is 9.95. The second kappa shape index (κ2) is 7.90. The summed E-state index contributed by atoms with van der Waals surface area (Å²) >= 11 is 1.55. The number of thioether (sulfide) groups is 1. The predicted octanol–water partition coefficient (Wildman–Crippen LogP) is 3.71. The van der Waals surface area contributed by atoms with Crippen molar-refractivity contribution in [1.82, 2.24) is 19.2 Å². The zero-order valence-corrected chi connectivity index (χ0v) is 16.4. The number of hydrogen-bond acceptors (Lipinski definition) is 5. The van der Waals surface area contributed by atoms with Gasteiger partial charge in [0.25, 0.3) is 5.56 Å². The van der Waals surface area contributed by atoms with E-state index < -0.39 is 0 Å². The van der Waals surface area contributed by atoms with Gasteiger partial charge >= 0.3 is 0 Å². The second-order valence-electron chi connectivity index (χ2n) is 6.30. The molecule has 2 heterocycles. The molecule has 28 heavy (non-hydrogen) atoms. The normalized spacial score (nSPS) is 11.2. The van der Waals surface area contributed by atoms with Crippen molar-refractivity contribution in [3.05, 3.63) is 77.1 Å². The molecule has 0 saturated carbocycles. The van der Waals surface area contributed by atoms with Crippen LogP contribution in [0.1, 0.15) is 5.56 Å². The van der Waals surface area contributed by atoms with E-state index in [9.17, 15) is 4.79 Å². The first kappa shape index (κ1) is 18.3. The number of benzene rings is 2. The third-order valence-corrected chi connectivity index (χ3v) is 5.35. The smallest absolute Gasteiger partial charge is 0.263 e. The molecular weight excluding hydrogens is 372 g/mol. The minimum absolute atomic E-state index is 0.0881. The van der Waals surface area contributed by atoms with Crippen LogP contribution in [0.15, 0.2) is 71.1 Å². The van der Waals surface area contributed by atoms with Crippen LogP contribution in [0.3, 0.4) is 0 Å². The van der Waals surface area contributed by atoms with Gasteiger partial charge in [-0.15, -0.1) is 16.8 Å². The molecule has 6 nitrogen and oxygen atoms in total. The minimum atomic E-state index is -0.0881. The highest BCUT2D eigenvalue weighted by atomic mass is 32.2. The fourth-order valence-corrected chi connectivity index (χ4v) is 3.88. The number of allylic oxidation sites excluding steroid dienone is 1. The lowest BCUT2D eigenvalue weighted by Crippen LogP contribution is -2.22. The molecule has 0 spiro atoms. The molecule has 0 atom stereocenters. The molecule has 4 aromatic rings. The minimum Gasteiger partial charge on any atom is -0.492 e. The Kier molecular flexibility index (Phi) is 5.16. The molecule has 2 aromatic heterocycles. The molecule has 0 bridgehead atoms. The number of hydrogen-bond donors (Lipinski definition) is 0. The molecule has 0 radical (unpaired) electrons. The first-order chi connectivity index (χ1) is 13.7. The summed E-state index contributed by atoms with van der Waals surface area (Å²) in [6.07, 6.45) is 1.69. The van der Waals surface area contributed by atoms with Gasteiger partial charge in [0, 0.05) is 12.3 Å². The maximum absolute atomic E-state index is 12.8. The Labute approximate surface area is 166 Å². The third-order valence-electron chi connectivity index (χ3n) is 4.46. The average Bonchev–Trinajstić information content (AvgIpc) is 3.13. The van der Waals surface area contributed by atoms with Crippen molar-refractivity contribution >= 4 is 28.4 Å². The predicted molar refractivity (Wildman–Crippen MR) is 112 cm³/mol. The van der Waals surface area contributed by atoms with E-state index in [1.807, 2.05) is 59.9 Å². The van der Waals surface area contributed by atoms with E-state index in [-0.39, 0.29) is 5.56 Å². The molecule has 4 rings (SSSR count). The van der Waals surface area contributed by atoms with Gasteiger partial charge in [-0.05, 0) is 30.7 Å². The first-order valence-corrected chi connectivity index (χ1v) is 9.98. The van der Waals surface area contributed by atoms with Crippen LogP contribution in [0.4, 0.5) is 0 Å². The maximum atomic E-state index is 12.8.